The number of rotatable bonds is 4. The van der Waals surface area contributed by atoms with Crippen molar-refractivity contribution in [1.82, 2.24) is 4.90 Å². The molecule has 0 rings (SSSR count). The molecule has 0 saturated carbocycles. The molecule has 0 aromatic heterocycles. The van der Waals surface area contributed by atoms with Gasteiger partial charge in [-0.15, -0.1) is 0 Å². The molecular formula is C11H23N. The lowest BCUT2D eigenvalue weighted by Crippen LogP contribution is -2.25. The normalized spacial score (nSPS) is 12.8. The van der Waals surface area contributed by atoms with Crippen LogP contribution in [0.25, 0.3) is 0 Å². The molecule has 0 amide bonds. The molecule has 0 unspecified atom stereocenters. The molecule has 0 spiro atoms. The van der Waals surface area contributed by atoms with Gasteiger partial charge in [0.15, 0.2) is 0 Å². The second kappa shape index (κ2) is 5.23. The van der Waals surface area contributed by atoms with E-state index in [0.29, 0.717) is 5.92 Å². The van der Waals surface area contributed by atoms with Crippen LogP contribution < -0.4 is 0 Å². The Hall–Kier alpha value is -0.460. The fourth-order valence-electron chi connectivity index (χ4n) is 1.65. The molecule has 0 fully saturated rings. The molecule has 0 aromatic carbocycles. The van der Waals surface area contributed by atoms with Crippen molar-refractivity contribution in [3.8, 4) is 0 Å². The average Bonchev–Trinajstić information content (AvgIpc) is 1.85. The Morgan fingerprint density at radius 2 is 1.75 bits per heavy atom. The molecule has 0 aliphatic rings. The van der Waals surface area contributed by atoms with E-state index < -0.39 is 0 Å². The Morgan fingerprint density at radius 3 is 2.00 bits per heavy atom. The summed E-state index contributed by atoms with van der Waals surface area (Å²) in [5.41, 5.74) is 1.45. The quantitative estimate of drug-likeness (QED) is 0.625. The van der Waals surface area contributed by atoms with Crippen LogP contribution in [0.2, 0.25) is 0 Å². The molecule has 12 heavy (non-hydrogen) atoms. The van der Waals surface area contributed by atoms with Gasteiger partial charge < -0.3 is 4.90 Å². The highest BCUT2D eigenvalue weighted by Gasteiger charge is 2.08. The van der Waals surface area contributed by atoms with Crippen molar-refractivity contribution in [3.63, 3.8) is 0 Å². The Bertz CT molecular complexity index is 145. The summed E-state index contributed by atoms with van der Waals surface area (Å²) in [5.74, 6) is 1.38. The lowest BCUT2D eigenvalue weighted by atomic mass is 10.1. The third-order valence-electron chi connectivity index (χ3n) is 1.97. The molecule has 0 saturated heterocycles. The zero-order valence-corrected chi connectivity index (χ0v) is 9.39. The molecule has 0 atom stereocenters. The van der Waals surface area contributed by atoms with Gasteiger partial charge in [-0.1, -0.05) is 33.8 Å². The third kappa shape index (κ3) is 3.80. The summed E-state index contributed by atoms with van der Waals surface area (Å²) in [7, 11) is 2.18. The van der Waals surface area contributed by atoms with Crippen LogP contribution in [0.3, 0.4) is 0 Å². The predicted octanol–water partition coefficient (Wildman–Crippen LogP) is 3.13. The standard InChI is InChI=1S/C11H23N/c1-7-11(10(4)5)12(6)8-9(2)3/h7,9-10H,8H2,1-6H3/b11-7-. The Balaban J connectivity index is 4.14. The van der Waals surface area contributed by atoms with Crippen molar-refractivity contribution in [1.29, 1.82) is 0 Å². The zero-order valence-electron chi connectivity index (χ0n) is 9.39. The van der Waals surface area contributed by atoms with Crippen molar-refractivity contribution < 1.29 is 0 Å². The van der Waals surface area contributed by atoms with Gasteiger partial charge in [-0.05, 0) is 18.8 Å². The summed E-state index contributed by atoms with van der Waals surface area (Å²) in [6, 6.07) is 0. The van der Waals surface area contributed by atoms with Crippen LogP contribution in [0.5, 0.6) is 0 Å². The van der Waals surface area contributed by atoms with E-state index in [-0.39, 0.29) is 0 Å². The van der Waals surface area contributed by atoms with Gasteiger partial charge in [0.2, 0.25) is 0 Å². The van der Waals surface area contributed by atoms with E-state index in [4.69, 9.17) is 0 Å². The minimum Gasteiger partial charge on any atom is -0.378 e. The van der Waals surface area contributed by atoms with E-state index >= 15 is 0 Å². The number of nitrogens with zero attached hydrogens (tertiary/aromatic N) is 1. The smallest absolute Gasteiger partial charge is 0.0194 e. The Morgan fingerprint density at radius 1 is 1.25 bits per heavy atom. The highest BCUT2D eigenvalue weighted by atomic mass is 15.1. The van der Waals surface area contributed by atoms with Crippen LogP contribution >= 0.6 is 0 Å². The van der Waals surface area contributed by atoms with Crippen molar-refractivity contribution in [2.24, 2.45) is 11.8 Å². The van der Waals surface area contributed by atoms with E-state index in [2.05, 4.69) is 52.6 Å². The van der Waals surface area contributed by atoms with E-state index in [1.807, 2.05) is 0 Å². The summed E-state index contributed by atoms with van der Waals surface area (Å²) in [5, 5.41) is 0. The Labute approximate surface area is 77.5 Å². The van der Waals surface area contributed by atoms with Crippen LogP contribution in [0.4, 0.5) is 0 Å². The monoisotopic (exact) mass is 169 g/mol. The van der Waals surface area contributed by atoms with Crippen molar-refractivity contribution in [3.05, 3.63) is 11.8 Å². The van der Waals surface area contributed by atoms with Gasteiger partial charge in [0.1, 0.15) is 0 Å². The van der Waals surface area contributed by atoms with Gasteiger partial charge in [0.25, 0.3) is 0 Å². The molecule has 0 heterocycles. The first-order valence-corrected chi connectivity index (χ1v) is 4.86. The number of hydrogen-bond acceptors (Lipinski definition) is 1. The highest BCUT2D eigenvalue weighted by Crippen LogP contribution is 2.14. The first-order chi connectivity index (χ1) is 5.49. The van der Waals surface area contributed by atoms with Crippen LogP contribution in [0, 0.1) is 11.8 Å². The van der Waals surface area contributed by atoms with Crippen LogP contribution in [-0.4, -0.2) is 18.5 Å². The molecule has 1 nitrogen and oxygen atoms in total. The molecule has 0 bridgehead atoms. The third-order valence-corrected chi connectivity index (χ3v) is 1.97. The maximum atomic E-state index is 2.36. The molecule has 0 aliphatic heterocycles. The second-order valence-electron chi connectivity index (χ2n) is 4.14. The topological polar surface area (TPSA) is 3.24 Å². The minimum absolute atomic E-state index is 0.638. The SMILES string of the molecule is C/C=C(/C(C)C)N(C)CC(C)C. The van der Waals surface area contributed by atoms with Gasteiger partial charge in [-0.25, -0.2) is 0 Å². The molecule has 1 heteroatoms. The predicted molar refractivity (Wildman–Crippen MR) is 56.1 cm³/mol. The van der Waals surface area contributed by atoms with Crippen LogP contribution in [0.1, 0.15) is 34.6 Å². The number of hydrogen-bond donors (Lipinski definition) is 0. The second-order valence-corrected chi connectivity index (χ2v) is 4.14. The lowest BCUT2D eigenvalue weighted by molar-refractivity contribution is 0.330. The zero-order chi connectivity index (χ0) is 9.72. The maximum Gasteiger partial charge on any atom is 0.0194 e. The first-order valence-electron chi connectivity index (χ1n) is 4.86. The lowest BCUT2D eigenvalue weighted by Gasteiger charge is -2.27. The van der Waals surface area contributed by atoms with E-state index in [1.165, 1.54) is 5.70 Å². The molecule has 0 radical (unpaired) electrons. The fourth-order valence-corrected chi connectivity index (χ4v) is 1.65. The van der Waals surface area contributed by atoms with Gasteiger partial charge in [0.05, 0.1) is 0 Å². The summed E-state index contributed by atoms with van der Waals surface area (Å²) < 4.78 is 0. The average molecular weight is 169 g/mol. The Kier molecular flexibility index (Phi) is 5.03. The maximum absolute atomic E-state index is 2.36. The highest BCUT2D eigenvalue weighted by molar-refractivity contribution is 5.01. The summed E-state index contributed by atoms with van der Waals surface area (Å²) in [6.45, 7) is 12.3. The van der Waals surface area contributed by atoms with Crippen molar-refractivity contribution in [2.45, 2.75) is 34.6 Å². The molecular weight excluding hydrogens is 146 g/mol. The molecule has 0 N–H and O–H groups in total. The minimum atomic E-state index is 0.638. The fraction of sp³-hybridized carbons (Fsp3) is 0.818. The molecule has 0 aliphatic carbocycles. The summed E-state index contributed by atoms with van der Waals surface area (Å²) >= 11 is 0. The summed E-state index contributed by atoms with van der Waals surface area (Å²) in [6.07, 6.45) is 2.22. The van der Waals surface area contributed by atoms with Gasteiger partial charge in [-0.3, -0.25) is 0 Å². The molecule has 0 aromatic rings. The van der Waals surface area contributed by atoms with Gasteiger partial charge in [-0.2, -0.15) is 0 Å². The first kappa shape index (κ1) is 11.5. The van der Waals surface area contributed by atoms with E-state index in [0.717, 1.165) is 12.5 Å². The van der Waals surface area contributed by atoms with E-state index in [9.17, 15) is 0 Å². The van der Waals surface area contributed by atoms with Crippen LogP contribution in [0.15, 0.2) is 11.8 Å². The van der Waals surface area contributed by atoms with Crippen molar-refractivity contribution >= 4 is 0 Å². The van der Waals surface area contributed by atoms with E-state index in [1.54, 1.807) is 0 Å². The molecule has 72 valence electrons. The van der Waals surface area contributed by atoms with Gasteiger partial charge >= 0.3 is 0 Å². The van der Waals surface area contributed by atoms with Crippen LogP contribution in [-0.2, 0) is 0 Å². The van der Waals surface area contributed by atoms with Crippen molar-refractivity contribution in [2.75, 3.05) is 13.6 Å². The summed E-state index contributed by atoms with van der Waals surface area (Å²) in [4.78, 5) is 2.36. The largest absolute Gasteiger partial charge is 0.378 e. The number of allylic oxidation sites excluding steroid dienone is 2. The van der Waals surface area contributed by atoms with Gasteiger partial charge in [0, 0.05) is 19.3 Å².